The highest BCUT2D eigenvalue weighted by Gasteiger charge is 2.34. The average Bonchev–Trinajstić information content (AvgIpc) is 3.36. The molecule has 0 aliphatic carbocycles. The van der Waals surface area contributed by atoms with Crippen molar-refractivity contribution in [2.24, 2.45) is 0 Å². The zero-order valence-corrected chi connectivity index (χ0v) is 15.3. The lowest BCUT2D eigenvalue weighted by molar-refractivity contribution is -0.160. The Kier molecular flexibility index (Phi) is 4.27. The van der Waals surface area contributed by atoms with Crippen LogP contribution < -0.4 is 0 Å². The van der Waals surface area contributed by atoms with Crippen molar-refractivity contribution in [3.8, 4) is 11.5 Å². The zero-order chi connectivity index (χ0) is 19.0. The smallest absolute Gasteiger partial charge is 0.397 e. The monoisotopic (exact) mass is 364 g/mol. The van der Waals surface area contributed by atoms with Crippen LogP contribution in [0.15, 0.2) is 48.8 Å². The molecule has 0 saturated heterocycles. The third-order valence-corrected chi connectivity index (χ3v) is 4.56. The summed E-state index contributed by atoms with van der Waals surface area (Å²) in [6.45, 7) is 4.51. The maximum absolute atomic E-state index is 12.3. The summed E-state index contributed by atoms with van der Waals surface area (Å²) in [4.78, 5) is 25.6. The highest BCUT2D eigenvalue weighted by Crippen LogP contribution is 2.30. The summed E-state index contributed by atoms with van der Waals surface area (Å²) in [5.41, 5.74) is 3.82. The van der Waals surface area contributed by atoms with E-state index in [1.807, 2.05) is 58.9 Å². The Morgan fingerprint density at radius 2 is 1.93 bits per heavy atom. The first-order valence-corrected chi connectivity index (χ1v) is 8.85. The maximum atomic E-state index is 12.3. The molecule has 0 unspecified atom stereocenters. The molecule has 138 valence electrons. The number of hydrogen-bond donors (Lipinski definition) is 0. The molecule has 3 heterocycles. The van der Waals surface area contributed by atoms with E-state index in [0.29, 0.717) is 13.1 Å². The standard InChI is InChI=1S/C20H20N4O3/c1-3-27-20(26)19(25)23-12-16-17(13-23)21-24(15-8-6-7-14(2)11-15)18(16)22-9-4-5-10-22/h4-11H,3,12-13H2,1-2H3. The molecule has 3 aromatic rings. The molecule has 0 fully saturated rings. The van der Waals surface area contributed by atoms with E-state index in [1.165, 1.54) is 4.90 Å². The molecule has 0 N–H and O–H groups in total. The Labute approximate surface area is 156 Å². The fourth-order valence-electron chi connectivity index (χ4n) is 3.35. The van der Waals surface area contributed by atoms with E-state index in [-0.39, 0.29) is 6.61 Å². The number of carbonyl (C=O) groups is 2. The topological polar surface area (TPSA) is 69.4 Å². The predicted octanol–water partition coefficient (Wildman–Crippen LogP) is 2.38. The largest absolute Gasteiger partial charge is 0.459 e. The second-order valence-electron chi connectivity index (χ2n) is 6.47. The number of aryl methyl sites for hydroxylation is 1. The summed E-state index contributed by atoms with van der Waals surface area (Å²) in [6, 6.07) is 12.0. The summed E-state index contributed by atoms with van der Waals surface area (Å²) in [7, 11) is 0. The van der Waals surface area contributed by atoms with E-state index in [0.717, 1.165) is 28.3 Å². The molecule has 4 rings (SSSR count). The predicted molar refractivity (Wildman–Crippen MR) is 98.5 cm³/mol. The highest BCUT2D eigenvalue weighted by atomic mass is 16.5. The average molecular weight is 364 g/mol. The van der Waals surface area contributed by atoms with Crippen LogP contribution >= 0.6 is 0 Å². The molecule has 1 aliphatic heterocycles. The number of carbonyl (C=O) groups excluding carboxylic acids is 2. The van der Waals surface area contributed by atoms with Gasteiger partial charge in [-0.05, 0) is 43.7 Å². The van der Waals surface area contributed by atoms with Crippen molar-refractivity contribution in [3.05, 3.63) is 65.6 Å². The van der Waals surface area contributed by atoms with Gasteiger partial charge in [-0.15, -0.1) is 0 Å². The Bertz CT molecular complexity index is 1000. The summed E-state index contributed by atoms with van der Waals surface area (Å²) in [6.07, 6.45) is 3.89. The van der Waals surface area contributed by atoms with Crippen LogP contribution in [0.2, 0.25) is 0 Å². The molecule has 1 aromatic carbocycles. The normalized spacial score (nSPS) is 12.9. The Morgan fingerprint density at radius 1 is 1.15 bits per heavy atom. The highest BCUT2D eigenvalue weighted by molar-refractivity contribution is 6.32. The lowest BCUT2D eigenvalue weighted by Crippen LogP contribution is -2.34. The molecule has 27 heavy (non-hydrogen) atoms. The third-order valence-electron chi connectivity index (χ3n) is 4.56. The van der Waals surface area contributed by atoms with Gasteiger partial charge in [0.1, 0.15) is 5.82 Å². The molecular weight excluding hydrogens is 344 g/mol. The molecule has 2 aromatic heterocycles. The van der Waals surface area contributed by atoms with Crippen molar-refractivity contribution in [3.63, 3.8) is 0 Å². The van der Waals surface area contributed by atoms with Crippen LogP contribution in [0.5, 0.6) is 0 Å². The fourth-order valence-corrected chi connectivity index (χ4v) is 3.35. The summed E-state index contributed by atoms with van der Waals surface area (Å²) in [5, 5.41) is 4.75. The van der Waals surface area contributed by atoms with Crippen molar-refractivity contribution >= 4 is 11.9 Å². The number of rotatable bonds is 3. The molecule has 7 nitrogen and oxygen atoms in total. The van der Waals surface area contributed by atoms with Gasteiger partial charge in [0, 0.05) is 18.0 Å². The van der Waals surface area contributed by atoms with Gasteiger partial charge < -0.3 is 14.2 Å². The van der Waals surface area contributed by atoms with E-state index in [9.17, 15) is 9.59 Å². The van der Waals surface area contributed by atoms with Gasteiger partial charge in [0.05, 0.1) is 31.1 Å². The molecule has 0 radical (unpaired) electrons. The number of fused-ring (bicyclic) bond motifs is 1. The first-order chi connectivity index (χ1) is 13.1. The SMILES string of the molecule is CCOC(=O)C(=O)N1Cc2nn(-c3cccc(C)c3)c(-n3cccc3)c2C1. The van der Waals surface area contributed by atoms with E-state index in [2.05, 4.69) is 6.07 Å². The van der Waals surface area contributed by atoms with Gasteiger partial charge >= 0.3 is 11.9 Å². The molecule has 1 amide bonds. The Hall–Kier alpha value is -3.35. The minimum atomic E-state index is -0.822. The minimum absolute atomic E-state index is 0.178. The van der Waals surface area contributed by atoms with Crippen molar-refractivity contribution in [1.29, 1.82) is 0 Å². The molecule has 7 heteroatoms. The molecule has 0 saturated carbocycles. The number of aromatic nitrogens is 3. The van der Waals surface area contributed by atoms with Crippen LogP contribution in [0.4, 0.5) is 0 Å². The van der Waals surface area contributed by atoms with Gasteiger partial charge in [0.2, 0.25) is 0 Å². The van der Waals surface area contributed by atoms with Crippen LogP contribution in [0.1, 0.15) is 23.7 Å². The fraction of sp³-hybridized carbons (Fsp3) is 0.250. The van der Waals surface area contributed by atoms with Gasteiger partial charge in [-0.1, -0.05) is 12.1 Å². The second kappa shape index (κ2) is 6.75. The van der Waals surface area contributed by atoms with E-state index < -0.39 is 11.9 Å². The van der Waals surface area contributed by atoms with E-state index in [1.54, 1.807) is 6.92 Å². The van der Waals surface area contributed by atoms with Crippen molar-refractivity contribution in [2.75, 3.05) is 6.61 Å². The van der Waals surface area contributed by atoms with Gasteiger partial charge in [-0.3, -0.25) is 4.79 Å². The lowest BCUT2D eigenvalue weighted by atomic mass is 10.2. The number of benzene rings is 1. The molecule has 0 atom stereocenters. The summed E-state index contributed by atoms with van der Waals surface area (Å²) < 4.78 is 8.71. The van der Waals surface area contributed by atoms with Gasteiger partial charge in [-0.2, -0.15) is 5.10 Å². The molecule has 0 spiro atoms. The molecule has 1 aliphatic rings. The van der Waals surface area contributed by atoms with Crippen molar-refractivity contribution in [1.82, 2.24) is 19.2 Å². The number of hydrogen-bond acceptors (Lipinski definition) is 4. The van der Waals surface area contributed by atoms with Gasteiger partial charge in [0.25, 0.3) is 0 Å². The maximum Gasteiger partial charge on any atom is 0.397 e. The van der Waals surface area contributed by atoms with Crippen molar-refractivity contribution in [2.45, 2.75) is 26.9 Å². The molecular formula is C20H20N4O3. The Balaban J connectivity index is 1.74. The number of nitrogens with zero attached hydrogens (tertiary/aromatic N) is 4. The van der Waals surface area contributed by atoms with Gasteiger partial charge in [0.15, 0.2) is 0 Å². The van der Waals surface area contributed by atoms with E-state index >= 15 is 0 Å². The van der Waals surface area contributed by atoms with Crippen molar-refractivity contribution < 1.29 is 14.3 Å². The van der Waals surface area contributed by atoms with Crippen LogP contribution in [-0.4, -0.2) is 37.7 Å². The van der Waals surface area contributed by atoms with Gasteiger partial charge in [-0.25, -0.2) is 9.48 Å². The number of ether oxygens (including phenoxy) is 1. The quantitative estimate of drug-likeness (QED) is 0.529. The number of esters is 1. The first-order valence-electron chi connectivity index (χ1n) is 8.85. The number of amides is 1. The summed E-state index contributed by atoms with van der Waals surface area (Å²) >= 11 is 0. The zero-order valence-electron chi connectivity index (χ0n) is 15.3. The summed E-state index contributed by atoms with van der Waals surface area (Å²) in [5.74, 6) is -0.577. The second-order valence-corrected chi connectivity index (χ2v) is 6.47. The Morgan fingerprint density at radius 3 is 2.63 bits per heavy atom. The third kappa shape index (κ3) is 3.01. The lowest BCUT2D eigenvalue weighted by Gasteiger charge is -2.16. The van der Waals surface area contributed by atoms with Crippen LogP contribution in [-0.2, 0) is 27.4 Å². The minimum Gasteiger partial charge on any atom is -0.459 e. The van der Waals surface area contributed by atoms with Crippen LogP contribution in [0.25, 0.3) is 11.5 Å². The van der Waals surface area contributed by atoms with E-state index in [4.69, 9.17) is 9.84 Å². The molecule has 0 bridgehead atoms. The van der Waals surface area contributed by atoms with Crippen LogP contribution in [0.3, 0.4) is 0 Å². The first kappa shape index (κ1) is 17.1. The van der Waals surface area contributed by atoms with Crippen LogP contribution in [0, 0.1) is 6.92 Å².